The van der Waals surface area contributed by atoms with Crippen LogP contribution in [0.3, 0.4) is 0 Å². The molecule has 1 rings (SSSR count). The molecule has 3 N–H and O–H groups in total. The molecule has 0 atom stereocenters. The van der Waals surface area contributed by atoms with Crippen LogP contribution in [0.4, 0.5) is 5.82 Å². The van der Waals surface area contributed by atoms with Gasteiger partial charge in [-0.15, -0.1) is 0 Å². The minimum absolute atomic E-state index is 0.101. The van der Waals surface area contributed by atoms with E-state index < -0.39 is 5.97 Å². The third-order valence-electron chi connectivity index (χ3n) is 2.19. The summed E-state index contributed by atoms with van der Waals surface area (Å²) in [6, 6.07) is 1.53. The number of nitrogens with one attached hydrogen (secondary N) is 1. The van der Waals surface area contributed by atoms with E-state index in [2.05, 4.69) is 26.9 Å². The van der Waals surface area contributed by atoms with Gasteiger partial charge in [-0.2, -0.15) is 0 Å². The quantitative estimate of drug-likeness (QED) is 0.464. The lowest BCUT2D eigenvalue weighted by Crippen LogP contribution is -2.20. The highest BCUT2D eigenvalue weighted by molar-refractivity contribution is 5.89. The van der Waals surface area contributed by atoms with Gasteiger partial charge in [-0.05, 0) is 6.07 Å². The number of nitrogens with two attached hydrogens (primary N) is 1. The normalized spacial score (nSPS) is 9.16. The molecule has 0 fully saturated rings. The van der Waals surface area contributed by atoms with Crippen LogP contribution in [-0.2, 0) is 9.53 Å². The number of hydrogen-bond acceptors (Lipinski definition) is 5. The third kappa shape index (κ3) is 4.68. The molecule has 0 aliphatic rings. The van der Waals surface area contributed by atoms with Crippen LogP contribution in [0, 0.1) is 11.8 Å². The lowest BCUT2D eigenvalue weighted by atomic mass is 10.2. The van der Waals surface area contributed by atoms with Gasteiger partial charge in [0.15, 0.2) is 0 Å². The summed E-state index contributed by atoms with van der Waals surface area (Å²) >= 11 is 0. The van der Waals surface area contributed by atoms with E-state index >= 15 is 0 Å². The minimum Gasteiger partial charge on any atom is -0.465 e. The Bertz CT molecular complexity index is 544. The first-order chi connectivity index (χ1) is 9.04. The van der Waals surface area contributed by atoms with Gasteiger partial charge in [-0.3, -0.25) is 4.79 Å². The van der Waals surface area contributed by atoms with Crippen molar-refractivity contribution in [3.8, 4) is 11.8 Å². The molecule has 6 nitrogen and oxygen atoms in total. The van der Waals surface area contributed by atoms with Gasteiger partial charge in [0.05, 0.1) is 18.2 Å². The highest BCUT2D eigenvalue weighted by atomic mass is 16.5. The number of carbonyl (C=O) groups excluding carboxylic acids is 2. The van der Waals surface area contributed by atoms with Crippen LogP contribution in [0.5, 0.6) is 0 Å². The highest BCUT2D eigenvalue weighted by Gasteiger charge is 2.08. The predicted octanol–water partition coefficient (Wildman–Crippen LogP) is 0.328. The van der Waals surface area contributed by atoms with Crippen LogP contribution in [0.25, 0.3) is 0 Å². The Balaban J connectivity index is 2.74. The second-order valence-corrected chi connectivity index (χ2v) is 3.68. The third-order valence-corrected chi connectivity index (χ3v) is 2.19. The SMILES string of the molecule is COC(=O)c1cnc(N)c(C#CCCNC(C)=O)c1. The molecule has 0 unspecified atom stereocenters. The van der Waals surface area contributed by atoms with Crippen LogP contribution in [0.15, 0.2) is 12.3 Å². The van der Waals surface area contributed by atoms with E-state index in [1.165, 1.54) is 26.3 Å². The molecule has 1 heterocycles. The van der Waals surface area contributed by atoms with Crippen LogP contribution in [0.2, 0.25) is 0 Å². The van der Waals surface area contributed by atoms with Crippen molar-refractivity contribution in [3.63, 3.8) is 0 Å². The maximum Gasteiger partial charge on any atom is 0.339 e. The van der Waals surface area contributed by atoms with Crippen molar-refractivity contribution >= 4 is 17.7 Å². The molecule has 1 amide bonds. The number of pyridine rings is 1. The van der Waals surface area contributed by atoms with E-state index in [1.807, 2.05) is 0 Å². The number of hydrogen-bond donors (Lipinski definition) is 2. The van der Waals surface area contributed by atoms with Gasteiger partial charge in [0.2, 0.25) is 5.91 Å². The van der Waals surface area contributed by atoms with Crippen LogP contribution >= 0.6 is 0 Å². The predicted molar refractivity (Wildman–Crippen MR) is 70.2 cm³/mol. The second kappa shape index (κ2) is 7.01. The number of anilines is 1. The van der Waals surface area contributed by atoms with Gasteiger partial charge in [0.1, 0.15) is 5.82 Å². The van der Waals surface area contributed by atoms with Crippen molar-refractivity contribution in [1.82, 2.24) is 10.3 Å². The molecule has 0 aliphatic carbocycles. The monoisotopic (exact) mass is 261 g/mol. The molecule has 0 bridgehead atoms. The van der Waals surface area contributed by atoms with Crippen molar-refractivity contribution in [1.29, 1.82) is 0 Å². The fourth-order valence-electron chi connectivity index (χ4n) is 1.26. The number of rotatable bonds is 3. The number of ether oxygens (including phenoxy) is 1. The molecule has 0 saturated heterocycles. The lowest BCUT2D eigenvalue weighted by molar-refractivity contribution is -0.118. The molecular weight excluding hydrogens is 246 g/mol. The van der Waals surface area contributed by atoms with Crippen molar-refractivity contribution in [2.45, 2.75) is 13.3 Å². The van der Waals surface area contributed by atoms with E-state index in [0.717, 1.165) is 0 Å². The summed E-state index contributed by atoms with van der Waals surface area (Å²) < 4.78 is 4.59. The van der Waals surface area contributed by atoms with Crippen molar-refractivity contribution in [2.24, 2.45) is 0 Å². The summed E-state index contributed by atoms with van der Waals surface area (Å²) in [5.74, 6) is 5.31. The summed E-state index contributed by atoms with van der Waals surface area (Å²) in [5.41, 5.74) is 6.42. The smallest absolute Gasteiger partial charge is 0.339 e. The van der Waals surface area contributed by atoms with Gasteiger partial charge in [0.25, 0.3) is 0 Å². The Hall–Kier alpha value is -2.55. The summed E-state index contributed by atoms with van der Waals surface area (Å²) in [6.07, 6.45) is 1.82. The van der Waals surface area contributed by atoms with Gasteiger partial charge in [-0.25, -0.2) is 9.78 Å². The fourth-order valence-corrected chi connectivity index (χ4v) is 1.26. The Morgan fingerprint density at radius 2 is 2.26 bits per heavy atom. The molecule has 6 heteroatoms. The fraction of sp³-hybridized carbons (Fsp3) is 0.308. The lowest BCUT2D eigenvalue weighted by Gasteiger charge is -2.01. The second-order valence-electron chi connectivity index (χ2n) is 3.68. The molecule has 0 saturated carbocycles. The van der Waals surface area contributed by atoms with Gasteiger partial charge >= 0.3 is 5.97 Å². The zero-order chi connectivity index (χ0) is 14.3. The van der Waals surface area contributed by atoms with E-state index in [1.54, 1.807) is 0 Å². The molecule has 100 valence electrons. The number of amides is 1. The van der Waals surface area contributed by atoms with Crippen LogP contribution in [-0.4, -0.2) is 30.5 Å². The molecule has 19 heavy (non-hydrogen) atoms. The van der Waals surface area contributed by atoms with E-state index in [9.17, 15) is 9.59 Å². The summed E-state index contributed by atoms with van der Waals surface area (Å²) in [7, 11) is 1.29. The molecule has 0 spiro atoms. The minimum atomic E-state index is -0.492. The molecule has 1 aromatic rings. The van der Waals surface area contributed by atoms with Crippen LogP contribution in [0.1, 0.15) is 29.3 Å². The number of carbonyl (C=O) groups is 2. The zero-order valence-corrected chi connectivity index (χ0v) is 10.8. The standard InChI is InChI=1S/C13H15N3O3/c1-9(17)15-6-4-3-5-10-7-11(13(18)19-2)8-16-12(10)14/h7-8H,4,6H2,1-2H3,(H2,14,16)(H,15,17). The van der Waals surface area contributed by atoms with Crippen molar-refractivity contribution < 1.29 is 14.3 Å². The highest BCUT2D eigenvalue weighted by Crippen LogP contribution is 2.10. The number of nitrogen functional groups attached to an aromatic ring is 1. The topological polar surface area (TPSA) is 94.3 Å². The molecule has 0 aromatic carbocycles. The summed E-state index contributed by atoms with van der Waals surface area (Å²) in [4.78, 5) is 25.9. The number of nitrogens with zero attached hydrogens (tertiary/aromatic N) is 1. The maximum atomic E-state index is 11.3. The zero-order valence-electron chi connectivity index (χ0n) is 10.8. The Kier molecular flexibility index (Phi) is 5.35. The van der Waals surface area contributed by atoms with Crippen LogP contribution < -0.4 is 11.1 Å². The molecule has 0 radical (unpaired) electrons. The van der Waals surface area contributed by atoms with Crippen molar-refractivity contribution in [3.05, 3.63) is 23.4 Å². The average molecular weight is 261 g/mol. The van der Waals surface area contributed by atoms with E-state index in [-0.39, 0.29) is 11.7 Å². The summed E-state index contributed by atoms with van der Waals surface area (Å²) in [5, 5.41) is 2.62. The molecule has 1 aromatic heterocycles. The van der Waals surface area contributed by atoms with Gasteiger partial charge in [-0.1, -0.05) is 11.8 Å². The Morgan fingerprint density at radius 1 is 1.53 bits per heavy atom. The number of aromatic nitrogens is 1. The van der Waals surface area contributed by atoms with E-state index in [4.69, 9.17) is 5.73 Å². The maximum absolute atomic E-state index is 11.3. The molecular formula is C13H15N3O3. The Morgan fingerprint density at radius 3 is 2.89 bits per heavy atom. The molecule has 0 aliphatic heterocycles. The number of esters is 1. The first kappa shape index (κ1) is 14.5. The van der Waals surface area contributed by atoms with Gasteiger partial charge < -0.3 is 15.8 Å². The van der Waals surface area contributed by atoms with Gasteiger partial charge in [0, 0.05) is 26.1 Å². The number of methoxy groups -OCH3 is 1. The average Bonchev–Trinajstić information content (AvgIpc) is 2.39. The first-order valence-electron chi connectivity index (χ1n) is 5.61. The van der Waals surface area contributed by atoms with Crippen molar-refractivity contribution in [2.75, 3.05) is 19.4 Å². The largest absolute Gasteiger partial charge is 0.465 e. The van der Waals surface area contributed by atoms with E-state index in [0.29, 0.717) is 24.1 Å². The first-order valence-corrected chi connectivity index (χ1v) is 5.61. The Labute approximate surface area is 111 Å². The summed E-state index contributed by atoms with van der Waals surface area (Å²) in [6.45, 7) is 1.90.